The Balaban J connectivity index is 2.26. The molecule has 0 saturated carbocycles. The first kappa shape index (κ1) is 15.6. The average molecular weight is 320 g/mol. The van der Waals surface area contributed by atoms with Crippen LogP contribution >= 0.6 is 11.3 Å². The predicted molar refractivity (Wildman–Crippen MR) is 81.3 cm³/mol. The summed E-state index contributed by atoms with van der Waals surface area (Å²) in [4.78, 5) is 34.3. The summed E-state index contributed by atoms with van der Waals surface area (Å²) < 4.78 is 4.88. The van der Waals surface area contributed by atoms with Crippen LogP contribution in [0, 0.1) is 10.1 Å². The van der Waals surface area contributed by atoms with Gasteiger partial charge in [0.25, 0.3) is 11.6 Å². The minimum atomic E-state index is -0.653. The van der Waals surface area contributed by atoms with Crippen molar-refractivity contribution < 1.29 is 19.2 Å². The number of nitro benzene ring substituents is 1. The zero-order valence-electron chi connectivity index (χ0n) is 11.6. The lowest BCUT2D eigenvalue weighted by Crippen LogP contribution is -2.15. The van der Waals surface area contributed by atoms with Gasteiger partial charge in [0.1, 0.15) is 10.6 Å². The largest absolute Gasteiger partial charge is 0.462 e. The molecule has 0 atom stereocenters. The van der Waals surface area contributed by atoms with E-state index in [2.05, 4.69) is 5.32 Å². The van der Waals surface area contributed by atoms with Crippen molar-refractivity contribution in [3.05, 3.63) is 57.0 Å². The summed E-state index contributed by atoms with van der Waals surface area (Å²) in [7, 11) is 0. The lowest BCUT2D eigenvalue weighted by molar-refractivity contribution is -0.385. The fourth-order valence-electron chi connectivity index (χ4n) is 1.77. The Morgan fingerprint density at radius 3 is 2.68 bits per heavy atom. The van der Waals surface area contributed by atoms with E-state index < -0.39 is 16.8 Å². The number of nitrogens with zero attached hydrogens (tertiary/aromatic N) is 1. The van der Waals surface area contributed by atoms with Crippen molar-refractivity contribution >= 4 is 33.9 Å². The first-order chi connectivity index (χ1) is 10.5. The van der Waals surface area contributed by atoms with E-state index in [4.69, 9.17) is 4.74 Å². The third-order valence-corrected chi connectivity index (χ3v) is 3.56. The number of ether oxygens (including phenoxy) is 1. The molecule has 1 amide bonds. The number of carbonyl (C=O) groups is 2. The second kappa shape index (κ2) is 6.81. The molecule has 0 fully saturated rings. The Morgan fingerprint density at radius 2 is 2.00 bits per heavy atom. The van der Waals surface area contributed by atoms with Gasteiger partial charge in [0, 0.05) is 6.07 Å². The van der Waals surface area contributed by atoms with Gasteiger partial charge in [-0.05, 0) is 24.4 Å². The molecule has 0 saturated heterocycles. The van der Waals surface area contributed by atoms with Crippen LogP contribution in [-0.2, 0) is 4.74 Å². The van der Waals surface area contributed by atoms with Crippen LogP contribution in [0.2, 0.25) is 0 Å². The van der Waals surface area contributed by atoms with Crippen LogP contribution in [0.3, 0.4) is 0 Å². The van der Waals surface area contributed by atoms with Crippen molar-refractivity contribution in [3.63, 3.8) is 0 Å². The van der Waals surface area contributed by atoms with E-state index in [1.54, 1.807) is 12.3 Å². The number of esters is 1. The summed E-state index contributed by atoms with van der Waals surface area (Å²) in [6.45, 7) is 1.89. The number of nitro groups is 1. The predicted octanol–water partition coefficient (Wildman–Crippen LogP) is 3.09. The molecular weight excluding hydrogens is 308 g/mol. The first-order valence-corrected chi connectivity index (χ1v) is 7.22. The standard InChI is InChI=1S/C14H12N2O5S/c1-2-21-14(18)10-7-8-22-13(10)15-12(17)9-5-3-4-6-11(9)16(19)20/h3-8H,2H2,1H3,(H,15,17). The van der Waals surface area contributed by atoms with Crippen molar-refractivity contribution in [2.75, 3.05) is 11.9 Å². The summed E-state index contributed by atoms with van der Waals surface area (Å²) in [5.41, 5.74) is -0.149. The number of carbonyl (C=O) groups excluding carboxylic acids is 2. The molecule has 0 aliphatic rings. The highest BCUT2D eigenvalue weighted by molar-refractivity contribution is 7.14. The van der Waals surface area contributed by atoms with E-state index in [9.17, 15) is 19.7 Å². The molecule has 0 aliphatic heterocycles. The topological polar surface area (TPSA) is 98.5 Å². The van der Waals surface area contributed by atoms with Crippen LogP contribution in [0.5, 0.6) is 0 Å². The molecule has 1 N–H and O–H groups in total. The highest BCUT2D eigenvalue weighted by Crippen LogP contribution is 2.26. The zero-order chi connectivity index (χ0) is 16.1. The van der Waals surface area contributed by atoms with Crippen molar-refractivity contribution in [3.8, 4) is 0 Å². The molecule has 1 aromatic carbocycles. The number of anilines is 1. The van der Waals surface area contributed by atoms with Crippen molar-refractivity contribution in [2.45, 2.75) is 6.92 Å². The van der Waals surface area contributed by atoms with Crippen LogP contribution in [-0.4, -0.2) is 23.4 Å². The summed E-state index contributed by atoms with van der Waals surface area (Å²) in [6, 6.07) is 7.13. The molecule has 0 aliphatic carbocycles. The van der Waals surface area contributed by atoms with Crippen molar-refractivity contribution in [1.29, 1.82) is 0 Å². The van der Waals surface area contributed by atoms with E-state index in [1.165, 1.54) is 30.3 Å². The van der Waals surface area contributed by atoms with Crippen LogP contribution in [0.1, 0.15) is 27.6 Å². The zero-order valence-corrected chi connectivity index (χ0v) is 12.4. The van der Waals surface area contributed by atoms with Crippen LogP contribution in [0.25, 0.3) is 0 Å². The third-order valence-electron chi connectivity index (χ3n) is 2.73. The Bertz CT molecular complexity index is 726. The molecule has 2 aromatic rings. The maximum Gasteiger partial charge on any atom is 0.341 e. The van der Waals surface area contributed by atoms with Gasteiger partial charge in [-0.2, -0.15) is 0 Å². The van der Waals surface area contributed by atoms with Gasteiger partial charge in [-0.15, -0.1) is 11.3 Å². The van der Waals surface area contributed by atoms with Crippen LogP contribution < -0.4 is 5.32 Å². The van der Waals surface area contributed by atoms with Gasteiger partial charge in [0.15, 0.2) is 0 Å². The molecule has 7 nitrogen and oxygen atoms in total. The van der Waals surface area contributed by atoms with Gasteiger partial charge >= 0.3 is 5.97 Å². The van der Waals surface area contributed by atoms with E-state index >= 15 is 0 Å². The molecular formula is C14H12N2O5S. The Kier molecular flexibility index (Phi) is 4.84. The van der Waals surface area contributed by atoms with E-state index in [-0.39, 0.29) is 23.4 Å². The van der Waals surface area contributed by atoms with Gasteiger partial charge in [-0.3, -0.25) is 14.9 Å². The summed E-state index contributed by atoms with van der Waals surface area (Å²) in [5.74, 6) is -1.21. The minimum absolute atomic E-state index is 0.0734. The smallest absolute Gasteiger partial charge is 0.341 e. The maximum absolute atomic E-state index is 12.2. The molecule has 2 rings (SSSR count). The lowest BCUT2D eigenvalue weighted by Gasteiger charge is -2.06. The molecule has 0 bridgehead atoms. The molecule has 22 heavy (non-hydrogen) atoms. The number of rotatable bonds is 5. The van der Waals surface area contributed by atoms with E-state index in [0.29, 0.717) is 5.00 Å². The van der Waals surface area contributed by atoms with Gasteiger partial charge in [0.2, 0.25) is 0 Å². The quantitative estimate of drug-likeness (QED) is 0.518. The third kappa shape index (κ3) is 3.29. The lowest BCUT2D eigenvalue weighted by atomic mass is 10.1. The Labute approximate surface area is 129 Å². The number of thiophene rings is 1. The SMILES string of the molecule is CCOC(=O)c1ccsc1NC(=O)c1ccccc1[N+](=O)[O-]. The van der Waals surface area contributed by atoms with Crippen LogP contribution in [0.15, 0.2) is 35.7 Å². The molecule has 114 valence electrons. The minimum Gasteiger partial charge on any atom is -0.462 e. The summed E-state index contributed by atoms with van der Waals surface area (Å²) in [6.07, 6.45) is 0. The average Bonchev–Trinajstić information content (AvgIpc) is 2.95. The number of hydrogen-bond acceptors (Lipinski definition) is 6. The van der Waals surface area contributed by atoms with Crippen molar-refractivity contribution in [2.24, 2.45) is 0 Å². The fourth-order valence-corrected chi connectivity index (χ4v) is 2.54. The first-order valence-electron chi connectivity index (χ1n) is 6.34. The van der Waals surface area contributed by atoms with Gasteiger partial charge < -0.3 is 10.1 Å². The number of hydrogen-bond donors (Lipinski definition) is 1. The van der Waals surface area contributed by atoms with Gasteiger partial charge in [-0.25, -0.2) is 4.79 Å². The number of para-hydroxylation sites is 1. The molecule has 0 spiro atoms. The Hall–Kier alpha value is -2.74. The highest BCUT2D eigenvalue weighted by atomic mass is 32.1. The fraction of sp³-hybridized carbons (Fsp3) is 0.143. The van der Waals surface area contributed by atoms with Gasteiger partial charge in [-0.1, -0.05) is 12.1 Å². The molecule has 0 radical (unpaired) electrons. The number of amides is 1. The number of benzene rings is 1. The van der Waals surface area contributed by atoms with E-state index in [0.717, 1.165) is 11.3 Å². The second-order valence-electron chi connectivity index (χ2n) is 4.11. The molecule has 0 unspecified atom stereocenters. The highest BCUT2D eigenvalue weighted by Gasteiger charge is 2.22. The maximum atomic E-state index is 12.2. The molecule has 8 heteroatoms. The van der Waals surface area contributed by atoms with Crippen LogP contribution in [0.4, 0.5) is 10.7 Å². The second-order valence-corrected chi connectivity index (χ2v) is 5.03. The molecule has 1 aromatic heterocycles. The van der Waals surface area contributed by atoms with Gasteiger partial charge in [0.05, 0.1) is 17.1 Å². The monoisotopic (exact) mass is 320 g/mol. The van der Waals surface area contributed by atoms with E-state index in [1.807, 2.05) is 0 Å². The van der Waals surface area contributed by atoms with Crippen molar-refractivity contribution in [1.82, 2.24) is 0 Å². The summed E-state index contributed by atoms with van der Waals surface area (Å²) >= 11 is 1.14. The normalized spacial score (nSPS) is 10.0. The summed E-state index contributed by atoms with van der Waals surface area (Å²) in [5, 5.41) is 15.4. The number of nitrogens with one attached hydrogen (secondary N) is 1. The molecule has 1 heterocycles. The Morgan fingerprint density at radius 1 is 1.27 bits per heavy atom.